The third kappa shape index (κ3) is 4.33. The highest BCUT2D eigenvalue weighted by atomic mass is 16.5. The molecule has 1 N–H and O–H groups in total. The van der Waals surface area contributed by atoms with Crippen LogP contribution < -0.4 is 19.1 Å². The van der Waals surface area contributed by atoms with Crippen molar-refractivity contribution in [2.24, 2.45) is 0 Å². The number of ether oxygens (including phenoxy) is 3. The van der Waals surface area contributed by atoms with Gasteiger partial charge in [0.05, 0.1) is 32.9 Å². The summed E-state index contributed by atoms with van der Waals surface area (Å²) in [5, 5.41) is 11.3. The van der Waals surface area contributed by atoms with Crippen LogP contribution in [-0.2, 0) is 16.0 Å². The number of aryl methyl sites for hydroxylation is 1. The van der Waals surface area contributed by atoms with E-state index in [1.807, 2.05) is 31.2 Å². The lowest BCUT2D eigenvalue weighted by atomic mass is 9.94. The summed E-state index contributed by atoms with van der Waals surface area (Å²) in [6.45, 7) is 2.04. The Hall–Kier alpha value is -4.26. The van der Waals surface area contributed by atoms with Crippen LogP contribution in [0.2, 0.25) is 0 Å². The van der Waals surface area contributed by atoms with Crippen molar-refractivity contribution < 1.29 is 28.9 Å². The lowest BCUT2D eigenvalue weighted by Crippen LogP contribution is -2.29. The molecule has 1 aliphatic rings. The summed E-state index contributed by atoms with van der Waals surface area (Å²) in [5.74, 6) is -0.358. The Bertz CT molecular complexity index is 1300. The Morgan fingerprint density at radius 3 is 2.23 bits per heavy atom. The van der Waals surface area contributed by atoms with Crippen LogP contribution in [0.15, 0.2) is 72.3 Å². The highest BCUT2D eigenvalue weighted by Crippen LogP contribution is 2.43. The topological polar surface area (TPSA) is 85.3 Å². The maximum Gasteiger partial charge on any atom is 0.300 e. The molecule has 1 saturated heterocycles. The van der Waals surface area contributed by atoms with Crippen LogP contribution in [0.3, 0.4) is 0 Å². The number of aliphatic hydroxyl groups excluding tert-OH is 1. The van der Waals surface area contributed by atoms with Crippen LogP contribution in [0, 0.1) is 0 Å². The fourth-order valence-electron chi connectivity index (χ4n) is 4.26. The minimum atomic E-state index is -0.856. The van der Waals surface area contributed by atoms with Crippen molar-refractivity contribution in [2.75, 3.05) is 26.2 Å². The zero-order chi connectivity index (χ0) is 25.1. The molecule has 0 spiro atoms. The molecule has 1 aliphatic heterocycles. The van der Waals surface area contributed by atoms with Crippen molar-refractivity contribution in [3.63, 3.8) is 0 Å². The maximum atomic E-state index is 13.3. The van der Waals surface area contributed by atoms with Gasteiger partial charge in [-0.15, -0.1) is 0 Å². The molecule has 0 aliphatic carbocycles. The van der Waals surface area contributed by atoms with Crippen molar-refractivity contribution in [3.8, 4) is 17.2 Å². The molecule has 4 rings (SSSR count). The summed E-state index contributed by atoms with van der Waals surface area (Å²) in [6, 6.07) is 18.5. The van der Waals surface area contributed by atoms with Crippen molar-refractivity contribution in [1.29, 1.82) is 0 Å². The SMILES string of the molecule is CCc1ccc(N2C(=O)C(=O)/C(=C(\O)c3ccc(OC)c(OC)c3)C2c2cccc(OC)c2)cc1. The summed E-state index contributed by atoms with van der Waals surface area (Å²) in [4.78, 5) is 28.1. The molecule has 35 heavy (non-hydrogen) atoms. The number of ketones is 1. The van der Waals surface area contributed by atoms with Gasteiger partial charge in [0.1, 0.15) is 11.5 Å². The normalized spacial score (nSPS) is 16.9. The molecular formula is C28H27NO6. The van der Waals surface area contributed by atoms with Crippen LogP contribution in [0.25, 0.3) is 5.76 Å². The quantitative estimate of drug-likeness (QED) is 0.298. The molecule has 0 bridgehead atoms. The molecule has 7 nitrogen and oxygen atoms in total. The predicted molar refractivity (Wildman–Crippen MR) is 133 cm³/mol. The van der Waals surface area contributed by atoms with Gasteiger partial charge in [-0.2, -0.15) is 0 Å². The standard InChI is InChI=1S/C28H27NO6/c1-5-17-9-12-20(13-10-17)29-25(18-7-6-8-21(15-18)33-2)24(27(31)28(29)32)26(30)19-11-14-22(34-3)23(16-19)35-4/h6-16,25,30H,5H2,1-4H3/b26-24-. The Balaban J connectivity index is 1.93. The first-order valence-corrected chi connectivity index (χ1v) is 11.2. The number of hydrogen-bond acceptors (Lipinski definition) is 6. The smallest absolute Gasteiger partial charge is 0.300 e. The number of rotatable bonds is 7. The third-order valence-corrected chi connectivity index (χ3v) is 6.13. The van der Waals surface area contributed by atoms with E-state index in [4.69, 9.17) is 14.2 Å². The van der Waals surface area contributed by atoms with Crippen molar-refractivity contribution in [3.05, 3.63) is 89.0 Å². The van der Waals surface area contributed by atoms with E-state index in [1.165, 1.54) is 19.1 Å². The average molecular weight is 474 g/mol. The Morgan fingerprint density at radius 2 is 1.60 bits per heavy atom. The molecule has 1 fully saturated rings. The first-order valence-electron chi connectivity index (χ1n) is 11.2. The fraction of sp³-hybridized carbons (Fsp3) is 0.214. The largest absolute Gasteiger partial charge is 0.507 e. The average Bonchev–Trinajstić information content (AvgIpc) is 3.17. The van der Waals surface area contributed by atoms with E-state index in [1.54, 1.807) is 49.6 Å². The molecule has 0 aromatic heterocycles. The number of Topliss-reactive ketones (excluding diaryl/α,β-unsaturated/α-hetero) is 1. The van der Waals surface area contributed by atoms with Gasteiger partial charge in [0.15, 0.2) is 11.5 Å². The summed E-state index contributed by atoms with van der Waals surface area (Å²) in [6.07, 6.45) is 0.845. The lowest BCUT2D eigenvalue weighted by molar-refractivity contribution is -0.132. The second kappa shape index (κ2) is 9.93. The van der Waals surface area contributed by atoms with E-state index in [-0.39, 0.29) is 11.3 Å². The van der Waals surface area contributed by atoms with Gasteiger partial charge in [-0.05, 0) is 60.0 Å². The minimum Gasteiger partial charge on any atom is -0.507 e. The monoisotopic (exact) mass is 473 g/mol. The lowest BCUT2D eigenvalue weighted by Gasteiger charge is -2.26. The van der Waals surface area contributed by atoms with Crippen LogP contribution >= 0.6 is 0 Å². The minimum absolute atomic E-state index is 0.0185. The van der Waals surface area contributed by atoms with E-state index in [0.717, 1.165) is 12.0 Å². The second-order valence-electron chi connectivity index (χ2n) is 8.04. The predicted octanol–water partition coefficient (Wildman–Crippen LogP) is 4.90. The molecule has 180 valence electrons. The molecule has 1 heterocycles. The first-order chi connectivity index (χ1) is 16.9. The number of carbonyl (C=O) groups is 2. The number of methoxy groups -OCH3 is 3. The number of carbonyl (C=O) groups excluding carboxylic acids is 2. The number of amides is 1. The van der Waals surface area contributed by atoms with Gasteiger partial charge in [-0.1, -0.05) is 31.2 Å². The molecule has 0 radical (unpaired) electrons. The number of benzene rings is 3. The molecule has 0 saturated carbocycles. The van der Waals surface area contributed by atoms with Gasteiger partial charge in [0, 0.05) is 11.3 Å². The van der Waals surface area contributed by atoms with E-state index >= 15 is 0 Å². The van der Waals surface area contributed by atoms with Crippen molar-refractivity contribution in [2.45, 2.75) is 19.4 Å². The Labute approximate surface area is 204 Å². The van der Waals surface area contributed by atoms with Gasteiger partial charge < -0.3 is 19.3 Å². The molecule has 3 aromatic rings. The Morgan fingerprint density at radius 1 is 0.886 bits per heavy atom. The third-order valence-electron chi connectivity index (χ3n) is 6.13. The summed E-state index contributed by atoms with van der Waals surface area (Å²) >= 11 is 0. The van der Waals surface area contributed by atoms with Crippen LogP contribution in [0.5, 0.6) is 17.2 Å². The van der Waals surface area contributed by atoms with Crippen LogP contribution in [0.1, 0.15) is 29.7 Å². The summed E-state index contributed by atoms with van der Waals surface area (Å²) < 4.78 is 16.0. The van der Waals surface area contributed by atoms with Crippen molar-refractivity contribution in [1.82, 2.24) is 0 Å². The zero-order valence-electron chi connectivity index (χ0n) is 20.1. The van der Waals surface area contributed by atoms with E-state index in [2.05, 4.69) is 0 Å². The van der Waals surface area contributed by atoms with E-state index in [0.29, 0.717) is 34.1 Å². The van der Waals surface area contributed by atoms with Crippen molar-refractivity contribution >= 4 is 23.1 Å². The molecule has 3 aromatic carbocycles. The highest BCUT2D eigenvalue weighted by Gasteiger charge is 2.47. The highest BCUT2D eigenvalue weighted by molar-refractivity contribution is 6.51. The van der Waals surface area contributed by atoms with Gasteiger partial charge in [0.25, 0.3) is 11.7 Å². The molecule has 1 unspecified atom stereocenters. The molecule has 1 amide bonds. The number of hydrogen-bond donors (Lipinski definition) is 1. The van der Waals surface area contributed by atoms with Crippen LogP contribution in [-0.4, -0.2) is 38.1 Å². The number of nitrogens with zero attached hydrogens (tertiary/aromatic N) is 1. The number of aliphatic hydroxyl groups is 1. The van der Waals surface area contributed by atoms with Gasteiger partial charge in [0.2, 0.25) is 0 Å². The fourth-order valence-corrected chi connectivity index (χ4v) is 4.26. The van der Waals surface area contributed by atoms with Crippen LogP contribution in [0.4, 0.5) is 5.69 Å². The first kappa shape index (κ1) is 23.9. The molecule has 1 atom stereocenters. The summed E-state index contributed by atoms with van der Waals surface area (Å²) in [5.41, 5.74) is 2.60. The Kier molecular flexibility index (Phi) is 6.78. The van der Waals surface area contributed by atoms with Gasteiger partial charge >= 0.3 is 0 Å². The van der Waals surface area contributed by atoms with E-state index in [9.17, 15) is 14.7 Å². The van der Waals surface area contributed by atoms with Gasteiger partial charge in [-0.3, -0.25) is 14.5 Å². The number of anilines is 1. The molecule has 7 heteroatoms. The van der Waals surface area contributed by atoms with E-state index < -0.39 is 17.7 Å². The second-order valence-corrected chi connectivity index (χ2v) is 8.04. The zero-order valence-corrected chi connectivity index (χ0v) is 20.1. The summed E-state index contributed by atoms with van der Waals surface area (Å²) in [7, 11) is 4.54. The maximum absolute atomic E-state index is 13.3. The van der Waals surface area contributed by atoms with Gasteiger partial charge in [-0.25, -0.2) is 0 Å². The molecular weight excluding hydrogens is 446 g/mol.